The molecule has 0 heterocycles. The summed E-state index contributed by atoms with van der Waals surface area (Å²) in [6.45, 7) is 6.60. The van der Waals surface area contributed by atoms with E-state index >= 15 is 0 Å². The van der Waals surface area contributed by atoms with Crippen molar-refractivity contribution in [3.63, 3.8) is 0 Å². The highest BCUT2D eigenvalue weighted by Crippen LogP contribution is 1.92. The Morgan fingerprint density at radius 2 is 1.94 bits per heavy atom. The maximum absolute atomic E-state index is 5.38. The summed E-state index contributed by atoms with van der Waals surface area (Å²) in [5.41, 5.74) is 0. The molecule has 0 radical (unpaired) electrons. The number of methoxy groups -OCH3 is 1. The Morgan fingerprint density at radius 1 is 1.19 bits per heavy atom. The van der Waals surface area contributed by atoms with E-state index in [0.717, 1.165) is 26.1 Å². The Morgan fingerprint density at radius 3 is 2.56 bits per heavy atom. The van der Waals surface area contributed by atoms with Crippen molar-refractivity contribution in [1.82, 2.24) is 10.2 Å². The van der Waals surface area contributed by atoms with Gasteiger partial charge in [-0.2, -0.15) is 0 Å². The first kappa shape index (κ1) is 15.8. The first-order valence-electron chi connectivity index (χ1n) is 6.11. The quantitative estimate of drug-likeness (QED) is 0.538. The first-order chi connectivity index (χ1) is 7.66. The molecule has 0 spiro atoms. The Balaban J connectivity index is 3.12. The molecule has 0 aromatic carbocycles. The molecule has 0 saturated heterocycles. The van der Waals surface area contributed by atoms with Crippen LogP contribution in [0.4, 0.5) is 0 Å². The van der Waals surface area contributed by atoms with Crippen LogP contribution in [0.2, 0.25) is 0 Å². The van der Waals surface area contributed by atoms with Gasteiger partial charge in [0.1, 0.15) is 0 Å². The van der Waals surface area contributed by atoms with Gasteiger partial charge in [0.15, 0.2) is 0 Å². The van der Waals surface area contributed by atoms with Crippen molar-refractivity contribution in [3.05, 3.63) is 0 Å². The molecule has 0 aromatic rings. The molecule has 0 saturated carbocycles. The zero-order valence-electron chi connectivity index (χ0n) is 11.3. The molecule has 0 aliphatic heterocycles. The highest BCUT2D eigenvalue weighted by Gasteiger charge is 2.01. The SMILES string of the molecule is COCCOCCCNC(C)CCN(C)C. The topological polar surface area (TPSA) is 33.7 Å². The van der Waals surface area contributed by atoms with Crippen molar-refractivity contribution in [1.29, 1.82) is 0 Å². The summed E-state index contributed by atoms with van der Waals surface area (Å²) in [6, 6.07) is 0.585. The molecule has 0 aliphatic carbocycles. The standard InChI is InChI=1S/C12H28N2O2/c1-12(6-8-14(2)3)13-7-5-9-16-11-10-15-4/h12-13H,5-11H2,1-4H3. The molecule has 4 heteroatoms. The van der Waals surface area contributed by atoms with Crippen LogP contribution in [0, 0.1) is 0 Å². The molecule has 0 rings (SSSR count). The van der Waals surface area contributed by atoms with Crippen molar-refractivity contribution in [2.75, 3.05) is 54.1 Å². The highest BCUT2D eigenvalue weighted by molar-refractivity contribution is 4.61. The molecule has 16 heavy (non-hydrogen) atoms. The van der Waals surface area contributed by atoms with Crippen LogP contribution in [-0.2, 0) is 9.47 Å². The predicted molar refractivity (Wildman–Crippen MR) is 67.9 cm³/mol. The Labute approximate surface area is 100 Å². The lowest BCUT2D eigenvalue weighted by atomic mass is 10.2. The Kier molecular flexibility index (Phi) is 11.2. The molecular weight excluding hydrogens is 204 g/mol. The van der Waals surface area contributed by atoms with Crippen LogP contribution >= 0.6 is 0 Å². The molecule has 98 valence electrons. The third-order valence-corrected chi connectivity index (χ3v) is 2.40. The fourth-order valence-electron chi connectivity index (χ4n) is 1.32. The van der Waals surface area contributed by atoms with Gasteiger partial charge in [0.25, 0.3) is 0 Å². The average Bonchev–Trinajstić information content (AvgIpc) is 2.25. The van der Waals surface area contributed by atoms with E-state index < -0.39 is 0 Å². The van der Waals surface area contributed by atoms with Gasteiger partial charge in [0.2, 0.25) is 0 Å². The van der Waals surface area contributed by atoms with Crippen molar-refractivity contribution >= 4 is 0 Å². The zero-order valence-corrected chi connectivity index (χ0v) is 11.3. The van der Waals surface area contributed by atoms with Crippen LogP contribution in [0.15, 0.2) is 0 Å². The zero-order chi connectivity index (χ0) is 12.2. The minimum atomic E-state index is 0.585. The molecule has 0 bridgehead atoms. The van der Waals surface area contributed by atoms with E-state index in [0.29, 0.717) is 19.3 Å². The number of rotatable bonds is 11. The molecule has 0 fully saturated rings. The fourth-order valence-corrected chi connectivity index (χ4v) is 1.32. The van der Waals surface area contributed by atoms with E-state index in [1.807, 2.05) is 0 Å². The maximum atomic E-state index is 5.38. The molecule has 1 atom stereocenters. The molecule has 1 N–H and O–H groups in total. The largest absolute Gasteiger partial charge is 0.382 e. The summed E-state index contributed by atoms with van der Waals surface area (Å²) in [5.74, 6) is 0. The summed E-state index contributed by atoms with van der Waals surface area (Å²) >= 11 is 0. The number of nitrogens with one attached hydrogen (secondary N) is 1. The lowest BCUT2D eigenvalue weighted by Gasteiger charge is -2.16. The number of hydrogen-bond acceptors (Lipinski definition) is 4. The fraction of sp³-hybridized carbons (Fsp3) is 1.00. The summed E-state index contributed by atoms with van der Waals surface area (Å²) < 4.78 is 10.3. The smallest absolute Gasteiger partial charge is 0.0700 e. The molecule has 4 nitrogen and oxygen atoms in total. The third kappa shape index (κ3) is 11.9. The highest BCUT2D eigenvalue weighted by atomic mass is 16.5. The van der Waals surface area contributed by atoms with Gasteiger partial charge in [-0.15, -0.1) is 0 Å². The van der Waals surface area contributed by atoms with E-state index in [-0.39, 0.29) is 0 Å². The van der Waals surface area contributed by atoms with Crippen molar-refractivity contribution < 1.29 is 9.47 Å². The minimum absolute atomic E-state index is 0.585. The monoisotopic (exact) mass is 232 g/mol. The van der Waals surface area contributed by atoms with Crippen LogP contribution in [0.1, 0.15) is 19.8 Å². The van der Waals surface area contributed by atoms with Crippen LogP contribution < -0.4 is 5.32 Å². The number of ether oxygens (including phenoxy) is 2. The van der Waals surface area contributed by atoms with Gasteiger partial charge in [0.05, 0.1) is 13.2 Å². The summed E-state index contributed by atoms with van der Waals surface area (Å²) in [5, 5.41) is 3.49. The molecule has 0 amide bonds. The van der Waals surface area contributed by atoms with E-state index in [2.05, 4.69) is 31.2 Å². The second-order valence-electron chi connectivity index (χ2n) is 4.41. The lowest BCUT2D eigenvalue weighted by molar-refractivity contribution is 0.0692. The van der Waals surface area contributed by atoms with Crippen LogP contribution in [0.5, 0.6) is 0 Å². The maximum Gasteiger partial charge on any atom is 0.0700 e. The number of hydrogen-bond donors (Lipinski definition) is 1. The summed E-state index contributed by atoms with van der Waals surface area (Å²) in [7, 11) is 5.91. The Bertz CT molecular complexity index is 143. The normalized spacial score (nSPS) is 13.3. The third-order valence-electron chi connectivity index (χ3n) is 2.40. The molecule has 1 unspecified atom stereocenters. The van der Waals surface area contributed by atoms with Gasteiger partial charge < -0.3 is 19.7 Å². The van der Waals surface area contributed by atoms with Crippen LogP contribution in [-0.4, -0.2) is 65.1 Å². The molecular formula is C12H28N2O2. The Hall–Kier alpha value is -0.160. The predicted octanol–water partition coefficient (Wildman–Crippen LogP) is 0.969. The second-order valence-corrected chi connectivity index (χ2v) is 4.41. The van der Waals surface area contributed by atoms with E-state index in [4.69, 9.17) is 9.47 Å². The van der Waals surface area contributed by atoms with Gasteiger partial charge in [-0.3, -0.25) is 0 Å². The van der Waals surface area contributed by atoms with Crippen LogP contribution in [0.3, 0.4) is 0 Å². The van der Waals surface area contributed by atoms with E-state index in [1.54, 1.807) is 7.11 Å². The van der Waals surface area contributed by atoms with Crippen LogP contribution in [0.25, 0.3) is 0 Å². The van der Waals surface area contributed by atoms with Gasteiger partial charge in [-0.1, -0.05) is 0 Å². The summed E-state index contributed by atoms with van der Waals surface area (Å²) in [4.78, 5) is 2.21. The van der Waals surface area contributed by atoms with E-state index in [1.165, 1.54) is 6.42 Å². The second kappa shape index (κ2) is 11.3. The number of nitrogens with zero attached hydrogens (tertiary/aromatic N) is 1. The van der Waals surface area contributed by atoms with Crippen molar-refractivity contribution in [2.24, 2.45) is 0 Å². The first-order valence-corrected chi connectivity index (χ1v) is 6.11. The molecule has 0 aliphatic rings. The summed E-state index contributed by atoms with van der Waals surface area (Å²) in [6.07, 6.45) is 2.26. The van der Waals surface area contributed by atoms with Crippen molar-refractivity contribution in [2.45, 2.75) is 25.8 Å². The van der Waals surface area contributed by atoms with Gasteiger partial charge >= 0.3 is 0 Å². The van der Waals surface area contributed by atoms with E-state index in [9.17, 15) is 0 Å². The van der Waals surface area contributed by atoms with Gasteiger partial charge in [-0.25, -0.2) is 0 Å². The average molecular weight is 232 g/mol. The van der Waals surface area contributed by atoms with Gasteiger partial charge in [0, 0.05) is 19.8 Å². The van der Waals surface area contributed by atoms with Gasteiger partial charge in [-0.05, 0) is 47.0 Å². The molecule has 0 aromatic heterocycles. The minimum Gasteiger partial charge on any atom is -0.382 e. The lowest BCUT2D eigenvalue weighted by Crippen LogP contribution is -2.31. The van der Waals surface area contributed by atoms with Crippen molar-refractivity contribution in [3.8, 4) is 0 Å².